The van der Waals surface area contributed by atoms with Gasteiger partial charge >= 0.3 is 11.9 Å². The molecule has 1 amide bonds. The van der Waals surface area contributed by atoms with Gasteiger partial charge in [-0.3, -0.25) is 9.59 Å². The van der Waals surface area contributed by atoms with E-state index in [1.165, 1.54) is 7.11 Å². The van der Waals surface area contributed by atoms with Crippen LogP contribution in [-0.2, 0) is 14.3 Å². The average molecular weight is 284 g/mol. The number of nitrogens with one attached hydrogen (secondary N) is 1. The lowest BCUT2D eigenvalue weighted by molar-refractivity contribution is -0.142. The number of aliphatic carboxylic acids is 1. The zero-order valence-electron chi connectivity index (χ0n) is 11.4. The van der Waals surface area contributed by atoms with Crippen molar-refractivity contribution in [3.05, 3.63) is 17.0 Å². The Hall–Kier alpha value is -2.38. The molecule has 0 saturated heterocycles. The Morgan fingerprint density at radius 1 is 1.40 bits per heavy atom. The molecule has 8 heteroatoms. The summed E-state index contributed by atoms with van der Waals surface area (Å²) in [6.45, 7) is 3.13. The second-order valence-electron chi connectivity index (χ2n) is 4.18. The van der Waals surface area contributed by atoms with E-state index in [4.69, 9.17) is 9.63 Å². The molecule has 0 fully saturated rings. The minimum atomic E-state index is -1.23. The number of carbonyl (C=O) groups excluding carboxylic acids is 2. The molecule has 0 aliphatic carbocycles. The maximum Gasteiger partial charge on any atom is 0.326 e. The molecule has 2 N–H and O–H groups in total. The Labute approximate surface area is 115 Å². The number of hydrogen-bond donors (Lipinski definition) is 2. The Morgan fingerprint density at radius 3 is 2.50 bits per heavy atom. The Balaban J connectivity index is 2.73. The van der Waals surface area contributed by atoms with Crippen molar-refractivity contribution >= 4 is 17.8 Å². The lowest BCUT2D eigenvalue weighted by Crippen LogP contribution is -2.41. The minimum Gasteiger partial charge on any atom is -0.480 e. The fourth-order valence-corrected chi connectivity index (χ4v) is 1.66. The van der Waals surface area contributed by atoms with Gasteiger partial charge < -0.3 is 19.7 Å². The van der Waals surface area contributed by atoms with Crippen LogP contribution in [0.5, 0.6) is 0 Å². The van der Waals surface area contributed by atoms with Gasteiger partial charge in [0.15, 0.2) is 0 Å². The maximum atomic E-state index is 12.0. The van der Waals surface area contributed by atoms with Crippen molar-refractivity contribution in [1.82, 2.24) is 10.5 Å². The van der Waals surface area contributed by atoms with E-state index in [0.29, 0.717) is 11.5 Å². The van der Waals surface area contributed by atoms with Crippen molar-refractivity contribution in [3.8, 4) is 0 Å². The van der Waals surface area contributed by atoms with Gasteiger partial charge in [0.05, 0.1) is 12.8 Å². The van der Waals surface area contributed by atoms with Crippen molar-refractivity contribution < 1.29 is 28.8 Å². The minimum absolute atomic E-state index is 0.0584. The first kappa shape index (κ1) is 15.7. The summed E-state index contributed by atoms with van der Waals surface area (Å²) in [5.41, 5.74) is 0.575. The number of carboxylic acids is 1. The van der Waals surface area contributed by atoms with E-state index >= 15 is 0 Å². The molecule has 0 aliphatic heterocycles. The highest BCUT2D eigenvalue weighted by atomic mass is 16.5. The number of methoxy groups -OCH3 is 1. The summed E-state index contributed by atoms with van der Waals surface area (Å²) in [7, 11) is 1.21. The second-order valence-corrected chi connectivity index (χ2v) is 4.18. The van der Waals surface area contributed by atoms with Gasteiger partial charge in [-0.1, -0.05) is 5.16 Å². The lowest BCUT2D eigenvalue weighted by atomic mass is 10.1. The number of rotatable bonds is 6. The molecule has 0 radical (unpaired) electrons. The van der Waals surface area contributed by atoms with Crippen LogP contribution in [-0.4, -0.2) is 41.3 Å². The van der Waals surface area contributed by atoms with Gasteiger partial charge in [0.25, 0.3) is 5.91 Å². The van der Waals surface area contributed by atoms with Crippen LogP contribution < -0.4 is 5.32 Å². The van der Waals surface area contributed by atoms with Gasteiger partial charge in [0.2, 0.25) is 0 Å². The summed E-state index contributed by atoms with van der Waals surface area (Å²) in [4.78, 5) is 34.1. The van der Waals surface area contributed by atoms with E-state index in [0.717, 1.165) is 0 Å². The number of esters is 1. The molecule has 1 heterocycles. The molecule has 0 aromatic carbocycles. The molecule has 0 saturated carbocycles. The number of hydrogen-bond acceptors (Lipinski definition) is 6. The third-order valence-corrected chi connectivity index (χ3v) is 2.73. The molecule has 0 bridgehead atoms. The van der Waals surface area contributed by atoms with Gasteiger partial charge in [-0.2, -0.15) is 0 Å². The number of amides is 1. The van der Waals surface area contributed by atoms with Crippen LogP contribution in [0.15, 0.2) is 4.52 Å². The van der Waals surface area contributed by atoms with E-state index in [-0.39, 0.29) is 18.4 Å². The average Bonchev–Trinajstić information content (AvgIpc) is 2.73. The number of carboxylic acid groups (broad SMARTS) is 1. The molecule has 8 nitrogen and oxygen atoms in total. The van der Waals surface area contributed by atoms with E-state index in [9.17, 15) is 14.4 Å². The number of nitrogens with zero attached hydrogens (tertiary/aromatic N) is 1. The highest BCUT2D eigenvalue weighted by molar-refractivity contribution is 5.98. The summed E-state index contributed by atoms with van der Waals surface area (Å²) in [5, 5.41) is 15.0. The van der Waals surface area contributed by atoms with Gasteiger partial charge in [-0.15, -0.1) is 0 Å². The quantitative estimate of drug-likeness (QED) is 0.727. The standard InChI is InChI=1S/C12H16N2O6/c1-6-10(7(2)20-14-6)11(16)13-8(12(17)18)4-5-9(15)19-3/h8H,4-5H2,1-3H3,(H,13,16)(H,17,18). The molecule has 1 aromatic rings. The Bertz CT molecular complexity index is 503. The number of ether oxygens (including phenoxy) is 1. The highest BCUT2D eigenvalue weighted by Gasteiger charge is 2.25. The van der Waals surface area contributed by atoms with E-state index < -0.39 is 23.9 Å². The normalized spacial score (nSPS) is 11.8. The summed E-state index contributed by atoms with van der Waals surface area (Å²) >= 11 is 0. The Kier molecular flexibility index (Phi) is 5.24. The molecule has 0 spiro atoms. The van der Waals surface area contributed by atoms with Crippen LogP contribution in [0.4, 0.5) is 0 Å². The van der Waals surface area contributed by atoms with Gasteiger partial charge in [0.1, 0.15) is 17.4 Å². The summed E-state index contributed by atoms with van der Waals surface area (Å²) in [6.07, 6.45) is -0.160. The van der Waals surface area contributed by atoms with Gasteiger partial charge in [-0.05, 0) is 20.3 Å². The number of aryl methyl sites for hydroxylation is 2. The van der Waals surface area contributed by atoms with Crippen molar-refractivity contribution in [3.63, 3.8) is 0 Å². The smallest absolute Gasteiger partial charge is 0.326 e. The molecule has 20 heavy (non-hydrogen) atoms. The third kappa shape index (κ3) is 3.81. The van der Waals surface area contributed by atoms with Crippen LogP contribution in [0.2, 0.25) is 0 Å². The fraction of sp³-hybridized carbons (Fsp3) is 0.500. The van der Waals surface area contributed by atoms with Crippen molar-refractivity contribution in [2.75, 3.05) is 7.11 Å². The van der Waals surface area contributed by atoms with Gasteiger partial charge in [-0.25, -0.2) is 4.79 Å². The predicted octanol–water partition coefficient (Wildman–Crippen LogP) is 0.428. The van der Waals surface area contributed by atoms with Crippen LogP contribution in [0.25, 0.3) is 0 Å². The number of aromatic nitrogens is 1. The van der Waals surface area contributed by atoms with Gasteiger partial charge in [0, 0.05) is 6.42 Å². The Morgan fingerprint density at radius 2 is 2.05 bits per heavy atom. The molecule has 0 aliphatic rings. The maximum absolute atomic E-state index is 12.0. The van der Waals surface area contributed by atoms with E-state index in [1.807, 2.05) is 0 Å². The first-order chi connectivity index (χ1) is 9.36. The predicted molar refractivity (Wildman–Crippen MR) is 66.1 cm³/mol. The zero-order chi connectivity index (χ0) is 15.3. The summed E-state index contributed by atoms with van der Waals surface area (Å²) < 4.78 is 9.27. The van der Waals surface area contributed by atoms with E-state index in [1.54, 1.807) is 13.8 Å². The summed E-state index contributed by atoms with van der Waals surface area (Å²) in [5.74, 6) is -2.06. The topological polar surface area (TPSA) is 119 Å². The monoisotopic (exact) mass is 284 g/mol. The zero-order valence-corrected chi connectivity index (χ0v) is 11.4. The first-order valence-electron chi connectivity index (χ1n) is 5.90. The van der Waals surface area contributed by atoms with Crippen LogP contribution >= 0.6 is 0 Å². The third-order valence-electron chi connectivity index (χ3n) is 2.73. The summed E-state index contributed by atoms with van der Waals surface area (Å²) in [6, 6.07) is -1.18. The van der Waals surface area contributed by atoms with Crippen molar-refractivity contribution in [1.29, 1.82) is 0 Å². The molecule has 1 rings (SSSR count). The fourth-order valence-electron chi connectivity index (χ4n) is 1.66. The highest BCUT2D eigenvalue weighted by Crippen LogP contribution is 2.12. The number of carbonyl (C=O) groups is 3. The van der Waals surface area contributed by atoms with Crippen molar-refractivity contribution in [2.24, 2.45) is 0 Å². The van der Waals surface area contributed by atoms with E-state index in [2.05, 4.69) is 15.2 Å². The molecule has 110 valence electrons. The second kappa shape index (κ2) is 6.69. The molecule has 1 aromatic heterocycles. The molecule has 1 unspecified atom stereocenters. The van der Waals surface area contributed by atoms with Crippen LogP contribution in [0, 0.1) is 13.8 Å². The molecule has 1 atom stereocenters. The van der Waals surface area contributed by atoms with Crippen molar-refractivity contribution in [2.45, 2.75) is 32.7 Å². The lowest BCUT2D eigenvalue weighted by Gasteiger charge is -2.13. The molecular formula is C12H16N2O6. The molecular weight excluding hydrogens is 268 g/mol. The largest absolute Gasteiger partial charge is 0.480 e. The SMILES string of the molecule is COC(=O)CCC(NC(=O)c1c(C)noc1C)C(=O)O. The van der Waals surface area contributed by atoms with Crippen LogP contribution in [0.1, 0.15) is 34.7 Å². The first-order valence-corrected chi connectivity index (χ1v) is 5.90. The van der Waals surface area contributed by atoms with Crippen LogP contribution in [0.3, 0.4) is 0 Å².